The molecule has 0 radical (unpaired) electrons. The predicted molar refractivity (Wildman–Crippen MR) is 104 cm³/mol. The second-order valence-corrected chi connectivity index (χ2v) is 7.88. The number of rotatable bonds is 9. The second-order valence-electron chi connectivity index (χ2n) is 5.95. The van der Waals surface area contributed by atoms with E-state index in [9.17, 15) is 13.2 Å². The van der Waals surface area contributed by atoms with Crippen LogP contribution < -0.4 is 19.5 Å². The summed E-state index contributed by atoms with van der Waals surface area (Å²) >= 11 is 0. The first-order valence-corrected chi connectivity index (χ1v) is 10.0. The fourth-order valence-corrected chi connectivity index (χ4v) is 3.25. The number of nitrogens with one attached hydrogen (secondary N) is 2. The zero-order chi connectivity index (χ0) is 19.9. The summed E-state index contributed by atoms with van der Waals surface area (Å²) in [4.78, 5) is 12.2. The smallest absolute Gasteiger partial charge is 0.251 e. The standard InChI is InChI=1S/C19H24N2O5S/c1-14-4-6-15(7-5-14)13-21-27(23,24)11-10-20-19(22)16-8-9-17(25-2)18(12-16)26-3/h4-9,12,21H,10-11,13H2,1-3H3,(H,20,22). The summed E-state index contributed by atoms with van der Waals surface area (Å²) < 4.78 is 37.0. The molecule has 0 saturated heterocycles. The molecule has 2 N–H and O–H groups in total. The summed E-state index contributed by atoms with van der Waals surface area (Å²) in [5.41, 5.74) is 2.34. The van der Waals surface area contributed by atoms with Crippen LogP contribution in [0.2, 0.25) is 0 Å². The first kappa shape index (κ1) is 20.7. The van der Waals surface area contributed by atoms with Gasteiger partial charge in [0, 0.05) is 18.7 Å². The largest absolute Gasteiger partial charge is 0.493 e. The van der Waals surface area contributed by atoms with E-state index in [2.05, 4.69) is 10.0 Å². The lowest BCUT2D eigenvalue weighted by Crippen LogP contribution is -2.34. The first-order valence-electron chi connectivity index (χ1n) is 8.38. The fourth-order valence-electron chi connectivity index (χ4n) is 2.35. The van der Waals surface area contributed by atoms with Gasteiger partial charge in [0.1, 0.15) is 0 Å². The third-order valence-corrected chi connectivity index (χ3v) is 5.24. The van der Waals surface area contributed by atoms with Crippen LogP contribution in [0, 0.1) is 6.92 Å². The molecule has 0 aliphatic heterocycles. The molecule has 0 spiro atoms. The SMILES string of the molecule is COc1ccc(C(=O)NCCS(=O)(=O)NCc2ccc(C)cc2)cc1OC. The van der Waals surface area contributed by atoms with Crippen LogP contribution >= 0.6 is 0 Å². The molecule has 0 saturated carbocycles. The highest BCUT2D eigenvalue weighted by atomic mass is 32.2. The quantitative estimate of drug-likeness (QED) is 0.679. The predicted octanol–water partition coefficient (Wildman–Crippen LogP) is 1.86. The van der Waals surface area contributed by atoms with Gasteiger partial charge < -0.3 is 14.8 Å². The van der Waals surface area contributed by atoms with Gasteiger partial charge >= 0.3 is 0 Å². The third kappa shape index (κ3) is 6.26. The van der Waals surface area contributed by atoms with Gasteiger partial charge in [-0.15, -0.1) is 0 Å². The monoisotopic (exact) mass is 392 g/mol. The molecular weight excluding hydrogens is 368 g/mol. The van der Waals surface area contributed by atoms with E-state index in [1.807, 2.05) is 31.2 Å². The molecule has 2 aromatic rings. The van der Waals surface area contributed by atoms with E-state index in [0.717, 1.165) is 11.1 Å². The van der Waals surface area contributed by atoms with Gasteiger partial charge in [0.2, 0.25) is 10.0 Å². The van der Waals surface area contributed by atoms with Crippen molar-refractivity contribution >= 4 is 15.9 Å². The van der Waals surface area contributed by atoms with E-state index in [1.54, 1.807) is 12.1 Å². The van der Waals surface area contributed by atoms with E-state index in [0.29, 0.717) is 17.1 Å². The van der Waals surface area contributed by atoms with Crippen molar-refractivity contribution in [1.82, 2.24) is 10.0 Å². The Kier molecular flexibility index (Phi) is 7.20. The zero-order valence-electron chi connectivity index (χ0n) is 15.6. The number of hydrogen-bond acceptors (Lipinski definition) is 5. The van der Waals surface area contributed by atoms with Crippen molar-refractivity contribution in [3.05, 3.63) is 59.2 Å². The lowest BCUT2D eigenvalue weighted by atomic mass is 10.2. The number of hydrogen-bond donors (Lipinski definition) is 2. The number of aryl methyl sites for hydroxylation is 1. The van der Waals surface area contributed by atoms with Gasteiger partial charge in [0.15, 0.2) is 11.5 Å². The lowest BCUT2D eigenvalue weighted by molar-refractivity contribution is 0.0955. The van der Waals surface area contributed by atoms with Crippen LogP contribution in [0.15, 0.2) is 42.5 Å². The molecule has 0 atom stereocenters. The summed E-state index contributed by atoms with van der Waals surface area (Å²) in [6, 6.07) is 12.3. The number of ether oxygens (including phenoxy) is 2. The molecule has 7 nitrogen and oxygen atoms in total. The van der Waals surface area contributed by atoms with Crippen LogP contribution in [0.4, 0.5) is 0 Å². The molecule has 8 heteroatoms. The van der Waals surface area contributed by atoms with Crippen molar-refractivity contribution in [3.63, 3.8) is 0 Å². The van der Waals surface area contributed by atoms with Crippen LogP contribution in [-0.4, -0.2) is 40.8 Å². The van der Waals surface area contributed by atoms with E-state index in [1.165, 1.54) is 20.3 Å². The van der Waals surface area contributed by atoms with Gasteiger partial charge in [0.25, 0.3) is 5.91 Å². The Hall–Kier alpha value is -2.58. The summed E-state index contributed by atoms with van der Waals surface area (Å²) in [5, 5.41) is 2.60. The average molecular weight is 392 g/mol. The normalized spacial score (nSPS) is 11.1. The maximum absolute atomic E-state index is 12.2. The first-order chi connectivity index (χ1) is 12.8. The molecule has 0 aliphatic carbocycles. The number of amides is 1. The summed E-state index contributed by atoms with van der Waals surface area (Å²) in [6.45, 7) is 2.18. The van der Waals surface area contributed by atoms with Crippen LogP contribution in [0.3, 0.4) is 0 Å². The Balaban J connectivity index is 1.85. The van der Waals surface area contributed by atoms with Gasteiger partial charge in [-0.3, -0.25) is 4.79 Å². The Labute approximate surface area is 159 Å². The van der Waals surface area contributed by atoms with Gasteiger partial charge in [-0.1, -0.05) is 29.8 Å². The van der Waals surface area contributed by atoms with Gasteiger partial charge in [-0.2, -0.15) is 0 Å². The maximum Gasteiger partial charge on any atom is 0.251 e. The van der Waals surface area contributed by atoms with Crippen LogP contribution in [0.1, 0.15) is 21.5 Å². The summed E-state index contributed by atoms with van der Waals surface area (Å²) in [7, 11) is -0.517. The molecule has 0 unspecified atom stereocenters. The van der Waals surface area contributed by atoms with Crippen molar-refractivity contribution in [3.8, 4) is 11.5 Å². The number of sulfonamides is 1. The van der Waals surface area contributed by atoms with Crippen molar-refractivity contribution in [1.29, 1.82) is 0 Å². The Morgan fingerprint density at radius 2 is 1.67 bits per heavy atom. The number of benzene rings is 2. The summed E-state index contributed by atoms with van der Waals surface area (Å²) in [5.74, 6) is 0.344. The van der Waals surface area contributed by atoms with E-state index >= 15 is 0 Å². The van der Waals surface area contributed by atoms with Crippen molar-refractivity contribution < 1.29 is 22.7 Å². The third-order valence-electron chi connectivity index (χ3n) is 3.92. The molecular formula is C19H24N2O5S. The molecule has 146 valence electrons. The highest BCUT2D eigenvalue weighted by Crippen LogP contribution is 2.27. The topological polar surface area (TPSA) is 93.7 Å². The van der Waals surface area contributed by atoms with E-state index in [4.69, 9.17) is 9.47 Å². The molecule has 0 aliphatic rings. The average Bonchev–Trinajstić information content (AvgIpc) is 2.66. The lowest BCUT2D eigenvalue weighted by Gasteiger charge is -2.11. The summed E-state index contributed by atoms with van der Waals surface area (Å²) in [6.07, 6.45) is 0. The van der Waals surface area contributed by atoms with E-state index in [-0.39, 0.29) is 24.7 Å². The molecule has 27 heavy (non-hydrogen) atoms. The van der Waals surface area contributed by atoms with Crippen molar-refractivity contribution in [2.75, 3.05) is 26.5 Å². The van der Waals surface area contributed by atoms with Gasteiger partial charge in [0.05, 0.1) is 20.0 Å². The van der Waals surface area contributed by atoms with Crippen LogP contribution in [-0.2, 0) is 16.6 Å². The Morgan fingerprint density at radius 1 is 1.00 bits per heavy atom. The van der Waals surface area contributed by atoms with Crippen LogP contribution in [0.5, 0.6) is 11.5 Å². The van der Waals surface area contributed by atoms with Gasteiger partial charge in [-0.25, -0.2) is 13.1 Å². The fraction of sp³-hybridized carbons (Fsp3) is 0.316. The van der Waals surface area contributed by atoms with Crippen molar-refractivity contribution in [2.45, 2.75) is 13.5 Å². The van der Waals surface area contributed by atoms with E-state index < -0.39 is 10.0 Å². The minimum atomic E-state index is -3.50. The maximum atomic E-state index is 12.2. The van der Waals surface area contributed by atoms with Crippen LogP contribution in [0.25, 0.3) is 0 Å². The minimum Gasteiger partial charge on any atom is -0.493 e. The molecule has 1 amide bonds. The molecule has 0 aromatic heterocycles. The van der Waals surface area contributed by atoms with Crippen molar-refractivity contribution in [2.24, 2.45) is 0 Å². The molecule has 0 bridgehead atoms. The molecule has 2 rings (SSSR count). The molecule has 0 fully saturated rings. The highest BCUT2D eigenvalue weighted by molar-refractivity contribution is 7.89. The second kappa shape index (κ2) is 9.38. The highest BCUT2D eigenvalue weighted by Gasteiger charge is 2.13. The minimum absolute atomic E-state index is 0.00356. The number of methoxy groups -OCH3 is 2. The molecule has 2 aromatic carbocycles. The Morgan fingerprint density at radius 3 is 2.30 bits per heavy atom. The molecule has 0 heterocycles. The van der Waals surface area contributed by atoms with Gasteiger partial charge in [-0.05, 0) is 30.7 Å². The number of carbonyl (C=O) groups is 1. The zero-order valence-corrected chi connectivity index (χ0v) is 16.4. The number of carbonyl (C=O) groups excluding carboxylic acids is 1. The Bertz CT molecular complexity index is 879.